The highest BCUT2D eigenvalue weighted by molar-refractivity contribution is 9.08. The fourth-order valence-corrected chi connectivity index (χ4v) is 2.19. The van der Waals surface area contributed by atoms with E-state index >= 15 is 0 Å². The lowest BCUT2D eigenvalue weighted by atomic mass is 9.98. The summed E-state index contributed by atoms with van der Waals surface area (Å²) in [6.45, 7) is 0. The highest BCUT2D eigenvalue weighted by Gasteiger charge is 2.19. The van der Waals surface area contributed by atoms with Crippen molar-refractivity contribution in [1.29, 1.82) is 0 Å². The minimum atomic E-state index is -0.469. The Labute approximate surface area is 114 Å². The number of benzene rings is 2. The summed E-state index contributed by atoms with van der Waals surface area (Å²) in [4.78, 5) is 24.2. The van der Waals surface area contributed by atoms with E-state index in [4.69, 9.17) is 0 Å². The predicted octanol–water partition coefficient (Wildman–Crippen LogP) is 3.65. The van der Waals surface area contributed by atoms with Gasteiger partial charge in [-0.3, -0.25) is 9.59 Å². The summed E-state index contributed by atoms with van der Waals surface area (Å²) in [6, 6.07) is 15.7. The minimum absolute atomic E-state index is 0.423. The van der Waals surface area contributed by atoms with E-state index in [-0.39, 0.29) is 0 Å². The molecule has 2 nitrogen and oxygen atoms in total. The lowest BCUT2D eigenvalue weighted by Crippen LogP contribution is -2.15. The predicted molar refractivity (Wildman–Crippen MR) is 74.2 cm³/mol. The first-order valence-corrected chi connectivity index (χ1v) is 6.64. The van der Waals surface area contributed by atoms with E-state index in [9.17, 15) is 9.59 Å². The number of hydrogen-bond acceptors (Lipinski definition) is 2. The monoisotopic (exact) mass is 302 g/mol. The van der Waals surface area contributed by atoms with Crippen LogP contribution in [0.25, 0.3) is 0 Å². The smallest absolute Gasteiger partial charge is 0.233 e. The summed E-state index contributed by atoms with van der Waals surface area (Å²) in [5.74, 6) is -0.930. The molecule has 0 saturated carbocycles. The summed E-state index contributed by atoms with van der Waals surface area (Å²) < 4.78 is 0. The van der Waals surface area contributed by atoms with Gasteiger partial charge in [-0.2, -0.15) is 0 Å². The molecule has 0 spiro atoms. The van der Waals surface area contributed by atoms with Crippen LogP contribution in [0.3, 0.4) is 0 Å². The molecule has 0 heterocycles. The second-order valence-electron chi connectivity index (χ2n) is 3.82. The molecular weight excluding hydrogens is 292 g/mol. The number of Topliss-reactive ketones (excluding diaryl/α,β-unsaturated/α-hetero) is 2. The van der Waals surface area contributed by atoms with E-state index in [1.54, 1.807) is 36.4 Å². The highest BCUT2D eigenvalue weighted by atomic mass is 79.9. The molecule has 0 amide bonds. The van der Waals surface area contributed by atoms with Crippen molar-refractivity contribution < 1.29 is 9.59 Å². The van der Waals surface area contributed by atoms with Gasteiger partial charge in [-0.25, -0.2) is 0 Å². The van der Waals surface area contributed by atoms with E-state index in [0.29, 0.717) is 16.5 Å². The third kappa shape index (κ3) is 2.57. The summed E-state index contributed by atoms with van der Waals surface area (Å²) in [5, 5.41) is 0.553. The van der Waals surface area contributed by atoms with Gasteiger partial charge in [0.05, 0.1) is 0 Å². The van der Waals surface area contributed by atoms with Crippen LogP contribution in [0.15, 0.2) is 54.6 Å². The second kappa shape index (κ2) is 5.74. The first-order valence-electron chi connectivity index (χ1n) is 5.52. The molecule has 0 aliphatic carbocycles. The Bertz CT molecular complexity index is 576. The van der Waals surface area contributed by atoms with Crippen LogP contribution < -0.4 is 0 Å². The van der Waals surface area contributed by atoms with Crippen molar-refractivity contribution in [2.24, 2.45) is 0 Å². The van der Waals surface area contributed by atoms with Gasteiger partial charge in [0.2, 0.25) is 11.6 Å². The van der Waals surface area contributed by atoms with Crippen molar-refractivity contribution in [3.05, 3.63) is 71.3 Å². The molecule has 0 fully saturated rings. The lowest BCUT2D eigenvalue weighted by molar-refractivity contribution is 0.0816. The topological polar surface area (TPSA) is 34.1 Å². The van der Waals surface area contributed by atoms with Crippen molar-refractivity contribution in [1.82, 2.24) is 0 Å². The number of rotatable bonds is 4. The third-order valence-corrected chi connectivity index (χ3v) is 3.25. The molecular formula is C15H11BrO2. The first-order chi connectivity index (χ1) is 8.74. The van der Waals surface area contributed by atoms with Gasteiger partial charge in [0.15, 0.2) is 0 Å². The molecule has 0 atom stereocenters. The van der Waals surface area contributed by atoms with Crippen LogP contribution in [0.5, 0.6) is 0 Å². The van der Waals surface area contributed by atoms with Gasteiger partial charge in [0, 0.05) is 16.5 Å². The fourth-order valence-electron chi connectivity index (χ4n) is 1.70. The molecule has 3 heteroatoms. The van der Waals surface area contributed by atoms with Crippen LogP contribution in [0.4, 0.5) is 0 Å². The standard InChI is InChI=1S/C15H11BrO2/c16-10-12-8-4-5-9-13(12)15(18)14(17)11-6-2-1-3-7-11/h1-9H,10H2. The van der Waals surface area contributed by atoms with Crippen LogP contribution in [0, 0.1) is 0 Å². The molecule has 2 aromatic carbocycles. The lowest BCUT2D eigenvalue weighted by Gasteiger charge is -2.05. The summed E-state index contributed by atoms with van der Waals surface area (Å²) in [6.07, 6.45) is 0. The second-order valence-corrected chi connectivity index (χ2v) is 4.38. The van der Waals surface area contributed by atoms with Gasteiger partial charge >= 0.3 is 0 Å². The number of hydrogen-bond donors (Lipinski definition) is 0. The van der Waals surface area contributed by atoms with Crippen LogP contribution in [-0.2, 0) is 5.33 Å². The molecule has 0 bridgehead atoms. The van der Waals surface area contributed by atoms with Crippen molar-refractivity contribution >= 4 is 27.5 Å². The van der Waals surface area contributed by atoms with E-state index in [2.05, 4.69) is 15.9 Å². The average molecular weight is 303 g/mol. The molecule has 0 saturated heterocycles. The Morgan fingerprint density at radius 2 is 1.44 bits per heavy atom. The van der Waals surface area contributed by atoms with Gasteiger partial charge in [-0.05, 0) is 5.56 Å². The van der Waals surface area contributed by atoms with Crippen LogP contribution in [-0.4, -0.2) is 11.6 Å². The van der Waals surface area contributed by atoms with Crippen molar-refractivity contribution in [3.8, 4) is 0 Å². The van der Waals surface area contributed by atoms with Crippen LogP contribution in [0.1, 0.15) is 26.3 Å². The number of carbonyl (C=O) groups is 2. The summed E-state index contributed by atoms with van der Waals surface area (Å²) in [7, 11) is 0. The zero-order valence-electron chi connectivity index (χ0n) is 9.60. The van der Waals surface area contributed by atoms with E-state index < -0.39 is 11.6 Å². The van der Waals surface area contributed by atoms with E-state index in [1.165, 1.54) is 0 Å². The normalized spacial score (nSPS) is 10.1. The van der Waals surface area contributed by atoms with Gasteiger partial charge in [0.25, 0.3) is 0 Å². The Kier molecular flexibility index (Phi) is 4.05. The van der Waals surface area contributed by atoms with Crippen molar-refractivity contribution in [3.63, 3.8) is 0 Å². The molecule has 2 aromatic rings. The molecule has 0 aliphatic rings. The Morgan fingerprint density at radius 3 is 2.11 bits per heavy atom. The maximum atomic E-state index is 12.2. The Hall–Kier alpha value is -1.74. The number of halogens is 1. The molecule has 90 valence electrons. The van der Waals surface area contributed by atoms with Crippen molar-refractivity contribution in [2.75, 3.05) is 0 Å². The quantitative estimate of drug-likeness (QED) is 0.491. The molecule has 18 heavy (non-hydrogen) atoms. The summed E-state index contributed by atoms with van der Waals surface area (Å²) in [5.41, 5.74) is 1.71. The third-order valence-electron chi connectivity index (χ3n) is 2.65. The van der Waals surface area contributed by atoms with Gasteiger partial charge in [0.1, 0.15) is 0 Å². The van der Waals surface area contributed by atoms with E-state index in [0.717, 1.165) is 5.56 Å². The molecule has 0 N–H and O–H groups in total. The van der Waals surface area contributed by atoms with Crippen molar-refractivity contribution in [2.45, 2.75) is 5.33 Å². The zero-order valence-corrected chi connectivity index (χ0v) is 11.2. The van der Waals surface area contributed by atoms with E-state index in [1.807, 2.05) is 18.2 Å². The zero-order chi connectivity index (χ0) is 13.0. The average Bonchev–Trinajstić information content (AvgIpc) is 2.46. The van der Waals surface area contributed by atoms with Crippen LogP contribution in [0.2, 0.25) is 0 Å². The first kappa shape index (κ1) is 12.7. The van der Waals surface area contributed by atoms with Gasteiger partial charge in [-0.15, -0.1) is 0 Å². The fraction of sp³-hybridized carbons (Fsp3) is 0.0667. The molecule has 0 unspecified atom stereocenters. The minimum Gasteiger partial charge on any atom is -0.285 e. The summed E-state index contributed by atoms with van der Waals surface area (Å²) >= 11 is 3.32. The van der Waals surface area contributed by atoms with Gasteiger partial charge < -0.3 is 0 Å². The number of alkyl halides is 1. The van der Waals surface area contributed by atoms with Gasteiger partial charge in [-0.1, -0.05) is 70.5 Å². The molecule has 0 aromatic heterocycles. The number of carbonyl (C=O) groups excluding carboxylic acids is 2. The molecule has 2 rings (SSSR count). The Balaban J connectivity index is 2.35. The maximum Gasteiger partial charge on any atom is 0.233 e. The number of ketones is 2. The highest BCUT2D eigenvalue weighted by Crippen LogP contribution is 2.15. The Morgan fingerprint density at radius 1 is 0.833 bits per heavy atom. The largest absolute Gasteiger partial charge is 0.285 e. The molecule has 0 radical (unpaired) electrons. The van der Waals surface area contributed by atoms with Crippen LogP contribution >= 0.6 is 15.9 Å². The SMILES string of the molecule is O=C(C(=O)c1ccccc1CBr)c1ccccc1. The molecule has 0 aliphatic heterocycles. The maximum absolute atomic E-state index is 12.2.